The highest BCUT2D eigenvalue weighted by Gasteiger charge is 2.23. The summed E-state index contributed by atoms with van der Waals surface area (Å²) in [5, 5.41) is 12.3. The van der Waals surface area contributed by atoms with Crippen LogP contribution >= 0.6 is 23.1 Å². The van der Waals surface area contributed by atoms with Crippen LogP contribution in [0.4, 0.5) is 0 Å². The Morgan fingerprint density at radius 3 is 2.90 bits per heavy atom. The molecule has 0 aliphatic heterocycles. The van der Waals surface area contributed by atoms with Crippen molar-refractivity contribution in [1.82, 2.24) is 20.1 Å². The molecule has 0 saturated carbocycles. The van der Waals surface area contributed by atoms with Crippen LogP contribution in [0.25, 0.3) is 10.7 Å². The second-order valence-electron chi connectivity index (χ2n) is 7.90. The first-order valence-electron chi connectivity index (χ1n) is 10.5. The zero-order chi connectivity index (χ0) is 21.1. The first-order valence-corrected chi connectivity index (χ1v) is 12.2. The summed E-state index contributed by atoms with van der Waals surface area (Å²) < 4.78 is 2.01. The lowest BCUT2D eigenvalue weighted by atomic mass is 9.87. The number of aryl methyl sites for hydroxylation is 1. The van der Waals surface area contributed by atoms with Crippen molar-refractivity contribution in [2.75, 3.05) is 0 Å². The molecule has 1 aromatic carbocycles. The third-order valence-electron chi connectivity index (χ3n) is 5.78. The van der Waals surface area contributed by atoms with E-state index >= 15 is 0 Å². The molecule has 3 aromatic rings. The van der Waals surface area contributed by atoms with Crippen LogP contribution in [0, 0.1) is 5.92 Å². The van der Waals surface area contributed by atoms with Gasteiger partial charge in [0.2, 0.25) is 5.91 Å². The number of benzene rings is 1. The summed E-state index contributed by atoms with van der Waals surface area (Å²) in [5.41, 5.74) is 2.58. The van der Waals surface area contributed by atoms with Gasteiger partial charge in [-0.1, -0.05) is 55.4 Å². The van der Waals surface area contributed by atoms with Crippen LogP contribution in [0.2, 0.25) is 0 Å². The third-order valence-corrected chi connectivity index (χ3v) is 8.15. The van der Waals surface area contributed by atoms with E-state index in [1.165, 1.54) is 52.8 Å². The Morgan fingerprint density at radius 2 is 2.13 bits per heavy atom. The summed E-state index contributed by atoms with van der Waals surface area (Å²) in [6, 6.07) is 12.3. The molecule has 30 heavy (non-hydrogen) atoms. The van der Waals surface area contributed by atoms with E-state index in [-0.39, 0.29) is 11.2 Å². The van der Waals surface area contributed by atoms with Crippen molar-refractivity contribution in [2.45, 2.75) is 56.5 Å². The number of nitrogens with one attached hydrogen (secondary N) is 1. The second-order valence-corrected chi connectivity index (χ2v) is 10.3. The number of fused-ring (bicyclic) bond motifs is 1. The molecule has 2 heterocycles. The number of hydrogen-bond donors (Lipinski definition) is 1. The number of aromatic nitrogens is 3. The van der Waals surface area contributed by atoms with Crippen molar-refractivity contribution in [2.24, 2.45) is 13.0 Å². The van der Waals surface area contributed by atoms with Crippen molar-refractivity contribution < 1.29 is 4.79 Å². The maximum atomic E-state index is 12.5. The Balaban J connectivity index is 1.41. The van der Waals surface area contributed by atoms with Crippen LogP contribution in [0.3, 0.4) is 0 Å². The lowest BCUT2D eigenvalue weighted by molar-refractivity contribution is -0.120. The second kappa shape index (κ2) is 9.35. The molecule has 0 radical (unpaired) electrons. The van der Waals surface area contributed by atoms with Crippen molar-refractivity contribution in [3.63, 3.8) is 0 Å². The minimum Gasteiger partial charge on any atom is -0.351 e. The Hall–Kier alpha value is -2.12. The van der Waals surface area contributed by atoms with Crippen molar-refractivity contribution in [1.29, 1.82) is 0 Å². The first kappa shape index (κ1) is 21.1. The van der Waals surface area contributed by atoms with Gasteiger partial charge in [0.05, 0.1) is 10.1 Å². The molecule has 1 aliphatic carbocycles. The van der Waals surface area contributed by atoms with Crippen LogP contribution in [0.1, 0.15) is 42.7 Å². The minimum absolute atomic E-state index is 0.00518. The number of hydrogen-bond acceptors (Lipinski definition) is 5. The van der Waals surface area contributed by atoms with Crippen LogP contribution < -0.4 is 5.32 Å². The Kier molecular flexibility index (Phi) is 6.58. The molecule has 0 spiro atoms. The standard InChI is InChI=1S/C23H28N4OS2/c1-4-16-10-11-19-18(12-16)13-20(30-19)21-25-26-23(27(21)3)29-15(2)22(28)24-14-17-8-6-5-7-9-17/h5-9,13,15-16H,4,10-12,14H2,1-3H3,(H,24,28). The van der Waals surface area contributed by atoms with Crippen molar-refractivity contribution >= 4 is 29.0 Å². The summed E-state index contributed by atoms with van der Waals surface area (Å²) in [4.78, 5) is 15.2. The molecule has 2 atom stereocenters. The highest BCUT2D eigenvalue weighted by molar-refractivity contribution is 8.00. The van der Waals surface area contributed by atoms with E-state index in [4.69, 9.17) is 0 Å². The molecule has 0 bridgehead atoms. The molecule has 0 saturated heterocycles. The number of carbonyl (C=O) groups is 1. The van der Waals surface area contributed by atoms with Crippen LogP contribution in [0.5, 0.6) is 0 Å². The minimum atomic E-state index is -0.244. The summed E-state index contributed by atoms with van der Waals surface area (Å²) >= 11 is 3.30. The monoisotopic (exact) mass is 440 g/mol. The van der Waals surface area contributed by atoms with E-state index in [1.54, 1.807) is 0 Å². The zero-order valence-electron chi connectivity index (χ0n) is 17.7. The van der Waals surface area contributed by atoms with E-state index in [0.29, 0.717) is 6.54 Å². The van der Waals surface area contributed by atoms with Gasteiger partial charge in [-0.3, -0.25) is 4.79 Å². The maximum Gasteiger partial charge on any atom is 0.233 e. The largest absolute Gasteiger partial charge is 0.351 e. The predicted molar refractivity (Wildman–Crippen MR) is 124 cm³/mol. The van der Waals surface area contributed by atoms with E-state index < -0.39 is 0 Å². The molecule has 1 amide bonds. The number of carbonyl (C=O) groups excluding carboxylic acids is 1. The molecule has 1 N–H and O–H groups in total. The highest BCUT2D eigenvalue weighted by Crippen LogP contribution is 2.38. The molecular formula is C23H28N4OS2. The van der Waals surface area contributed by atoms with Gasteiger partial charge in [-0.05, 0) is 49.3 Å². The van der Waals surface area contributed by atoms with Gasteiger partial charge in [-0.15, -0.1) is 21.5 Å². The molecule has 5 nitrogen and oxygen atoms in total. The van der Waals surface area contributed by atoms with Gasteiger partial charge in [0.15, 0.2) is 11.0 Å². The van der Waals surface area contributed by atoms with Gasteiger partial charge in [0.1, 0.15) is 0 Å². The molecule has 1 aliphatic rings. The van der Waals surface area contributed by atoms with Crippen LogP contribution in [-0.4, -0.2) is 25.9 Å². The average Bonchev–Trinajstić information content (AvgIpc) is 3.35. The topological polar surface area (TPSA) is 59.8 Å². The normalized spacial score (nSPS) is 16.8. The van der Waals surface area contributed by atoms with E-state index in [1.807, 2.05) is 60.2 Å². The molecule has 158 valence electrons. The Labute approximate surface area is 186 Å². The van der Waals surface area contributed by atoms with Crippen LogP contribution in [0.15, 0.2) is 41.6 Å². The van der Waals surface area contributed by atoms with Gasteiger partial charge in [-0.25, -0.2) is 0 Å². The lowest BCUT2D eigenvalue weighted by Crippen LogP contribution is -2.30. The van der Waals surface area contributed by atoms with Crippen molar-refractivity contribution in [3.8, 4) is 10.7 Å². The number of nitrogens with zero attached hydrogens (tertiary/aromatic N) is 3. The Bertz CT molecular complexity index is 1010. The lowest BCUT2D eigenvalue weighted by Gasteiger charge is -2.19. The van der Waals surface area contributed by atoms with E-state index in [2.05, 4.69) is 28.5 Å². The zero-order valence-corrected chi connectivity index (χ0v) is 19.4. The van der Waals surface area contributed by atoms with Gasteiger partial charge in [0.25, 0.3) is 0 Å². The SMILES string of the molecule is CCC1CCc2sc(-c3nnc(SC(C)C(=O)NCc4ccccc4)n3C)cc2C1. The van der Waals surface area contributed by atoms with Gasteiger partial charge >= 0.3 is 0 Å². The molecule has 0 fully saturated rings. The fraction of sp³-hybridized carbons (Fsp3) is 0.435. The Morgan fingerprint density at radius 1 is 1.33 bits per heavy atom. The molecule has 4 rings (SSSR count). The van der Waals surface area contributed by atoms with Crippen molar-refractivity contribution in [3.05, 3.63) is 52.4 Å². The average molecular weight is 441 g/mol. The number of thioether (sulfide) groups is 1. The van der Waals surface area contributed by atoms with E-state index in [9.17, 15) is 4.79 Å². The predicted octanol–water partition coefficient (Wildman–Crippen LogP) is 4.86. The fourth-order valence-corrected chi connectivity index (χ4v) is 5.90. The summed E-state index contributed by atoms with van der Waals surface area (Å²) in [6.07, 6.45) is 4.90. The maximum absolute atomic E-state index is 12.5. The van der Waals surface area contributed by atoms with Gasteiger partial charge in [-0.2, -0.15) is 0 Å². The number of thiophene rings is 1. The molecule has 7 heteroatoms. The molecular weight excluding hydrogens is 412 g/mol. The summed E-state index contributed by atoms with van der Waals surface area (Å²) in [7, 11) is 1.99. The molecule has 2 unspecified atom stereocenters. The quantitative estimate of drug-likeness (QED) is 0.533. The van der Waals surface area contributed by atoms with Gasteiger partial charge in [0, 0.05) is 18.5 Å². The number of rotatable bonds is 7. The fourth-order valence-electron chi connectivity index (χ4n) is 3.83. The first-order chi connectivity index (χ1) is 14.5. The summed E-state index contributed by atoms with van der Waals surface area (Å²) in [6.45, 7) is 4.73. The third kappa shape index (κ3) is 4.62. The number of amides is 1. The van der Waals surface area contributed by atoms with Crippen LogP contribution in [-0.2, 0) is 31.2 Å². The van der Waals surface area contributed by atoms with Gasteiger partial charge < -0.3 is 9.88 Å². The smallest absolute Gasteiger partial charge is 0.233 e. The highest BCUT2D eigenvalue weighted by atomic mass is 32.2. The summed E-state index contributed by atoms with van der Waals surface area (Å²) in [5.74, 6) is 1.70. The van der Waals surface area contributed by atoms with E-state index in [0.717, 1.165) is 22.5 Å². The molecule has 2 aromatic heterocycles.